The minimum Gasteiger partial charge on any atom is -0.504 e. The summed E-state index contributed by atoms with van der Waals surface area (Å²) < 4.78 is 0. The van der Waals surface area contributed by atoms with Gasteiger partial charge in [0, 0.05) is 5.56 Å². The van der Waals surface area contributed by atoms with Crippen LogP contribution < -0.4 is 5.73 Å². The van der Waals surface area contributed by atoms with Crippen molar-refractivity contribution in [3.63, 3.8) is 0 Å². The van der Waals surface area contributed by atoms with Gasteiger partial charge in [0.2, 0.25) is 11.5 Å². The summed E-state index contributed by atoms with van der Waals surface area (Å²) in [6.07, 6.45) is -1.86. The summed E-state index contributed by atoms with van der Waals surface area (Å²) >= 11 is 0. The van der Waals surface area contributed by atoms with Gasteiger partial charge in [-0.1, -0.05) is 0 Å². The molecule has 8 nitrogen and oxygen atoms in total. The maximum Gasteiger partial charge on any atom is 0.323 e. The average Bonchev–Trinajstić information content (AvgIpc) is 2.29. The number of phenols is 4. The zero-order valence-electron chi connectivity index (χ0n) is 8.40. The molecule has 94 valence electrons. The summed E-state index contributed by atoms with van der Waals surface area (Å²) in [5.74, 6) is -5.38. The number of aliphatic hydroxyl groups excluding tert-OH is 1. The third-order valence-corrected chi connectivity index (χ3v) is 2.20. The van der Waals surface area contributed by atoms with Crippen molar-refractivity contribution in [3.05, 3.63) is 11.6 Å². The van der Waals surface area contributed by atoms with Crippen molar-refractivity contribution in [1.29, 1.82) is 0 Å². The van der Waals surface area contributed by atoms with Gasteiger partial charge in [0.15, 0.2) is 11.5 Å². The Morgan fingerprint density at radius 3 is 2.12 bits per heavy atom. The lowest BCUT2D eigenvalue weighted by Crippen LogP contribution is -2.36. The van der Waals surface area contributed by atoms with E-state index in [0.717, 1.165) is 0 Å². The molecule has 17 heavy (non-hydrogen) atoms. The molecule has 0 aliphatic rings. The SMILES string of the molecule is NC(C(=O)O)C(O)c1cc(O)c(O)c(O)c1O. The van der Waals surface area contributed by atoms with Crippen LogP contribution in [0.2, 0.25) is 0 Å². The Morgan fingerprint density at radius 2 is 1.65 bits per heavy atom. The molecule has 8 N–H and O–H groups in total. The van der Waals surface area contributed by atoms with Gasteiger partial charge in [0.1, 0.15) is 12.1 Å². The number of nitrogens with two attached hydrogens (primary N) is 1. The number of phenolic OH excluding ortho intramolecular Hbond substituents is 4. The van der Waals surface area contributed by atoms with Crippen LogP contribution in [0.25, 0.3) is 0 Å². The van der Waals surface area contributed by atoms with E-state index in [1.165, 1.54) is 0 Å². The minimum atomic E-state index is -1.86. The highest BCUT2D eigenvalue weighted by atomic mass is 16.4. The zero-order chi connectivity index (χ0) is 13.3. The van der Waals surface area contributed by atoms with Gasteiger partial charge in [-0.15, -0.1) is 0 Å². The highest BCUT2D eigenvalue weighted by Crippen LogP contribution is 2.46. The predicted octanol–water partition coefficient (Wildman–Crippen LogP) is -1.05. The molecule has 8 heteroatoms. The molecule has 2 unspecified atom stereocenters. The van der Waals surface area contributed by atoms with Gasteiger partial charge >= 0.3 is 5.97 Å². The molecule has 0 spiro atoms. The lowest BCUT2D eigenvalue weighted by molar-refractivity contribution is -0.141. The van der Waals surface area contributed by atoms with E-state index in [2.05, 4.69) is 0 Å². The summed E-state index contributed by atoms with van der Waals surface area (Å²) in [5, 5.41) is 54.8. The fourth-order valence-corrected chi connectivity index (χ4v) is 1.21. The third kappa shape index (κ3) is 2.17. The quantitative estimate of drug-likeness (QED) is 0.262. The molecule has 1 rings (SSSR count). The van der Waals surface area contributed by atoms with Crippen molar-refractivity contribution in [2.45, 2.75) is 12.1 Å². The van der Waals surface area contributed by atoms with Crippen molar-refractivity contribution in [1.82, 2.24) is 0 Å². The van der Waals surface area contributed by atoms with Crippen LogP contribution in [0.4, 0.5) is 0 Å². The molecule has 2 atom stereocenters. The lowest BCUT2D eigenvalue weighted by Gasteiger charge is -2.17. The fraction of sp³-hybridized carbons (Fsp3) is 0.222. The molecule has 1 aromatic rings. The van der Waals surface area contributed by atoms with E-state index in [1.54, 1.807) is 0 Å². The van der Waals surface area contributed by atoms with Gasteiger partial charge < -0.3 is 36.4 Å². The first kappa shape index (κ1) is 12.9. The second-order valence-corrected chi connectivity index (χ2v) is 3.34. The zero-order valence-corrected chi connectivity index (χ0v) is 8.40. The Labute approximate surface area is 94.8 Å². The Balaban J connectivity index is 3.28. The molecule has 0 aromatic heterocycles. The smallest absolute Gasteiger partial charge is 0.323 e. The Morgan fingerprint density at radius 1 is 1.12 bits per heavy atom. The monoisotopic (exact) mass is 245 g/mol. The fourth-order valence-electron chi connectivity index (χ4n) is 1.21. The third-order valence-electron chi connectivity index (χ3n) is 2.20. The van der Waals surface area contributed by atoms with Crippen molar-refractivity contribution < 1.29 is 35.4 Å². The van der Waals surface area contributed by atoms with Crippen molar-refractivity contribution >= 4 is 5.97 Å². The number of aliphatic hydroxyl groups is 1. The molecule has 0 aliphatic heterocycles. The molecule has 0 heterocycles. The maximum atomic E-state index is 10.5. The van der Waals surface area contributed by atoms with Gasteiger partial charge in [-0.3, -0.25) is 4.79 Å². The van der Waals surface area contributed by atoms with Crippen LogP contribution >= 0.6 is 0 Å². The van der Waals surface area contributed by atoms with E-state index in [4.69, 9.17) is 21.1 Å². The van der Waals surface area contributed by atoms with Gasteiger partial charge in [0.25, 0.3) is 0 Å². The largest absolute Gasteiger partial charge is 0.504 e. The Kier molecular flexibility index (Phi) is 3.30. The number of carbonyl (C=O) groups is 1. The first-order valence-corrected chi connectivity index (χ1v) is 4.40. The topological polar surface area (TPSA) is 164 Å². The molecular formula is C9H11NO7. The highest BCUT2D eigenvalue weighted by molar-refractivity contribution is 5.75. The van der Waals surface area contributed by atoms with E-state index in [0.29, 0.717) is 6.07 Å². The normalized spacial score (nSPS) is 14.2. The predicted molar refractivity (Wildman–Crippen MR) is 53.7 cm³/mol. The van der Waals surface area contributed by atoms with Gasteiger partial charge in [-0.05, 0) is 6.07 Å². The van der Waals surface area contributed by atoms with E-state index < -0.39 is 46.7 Å². The molecule has 0 fully saturated rings. The van der Waals surface area contributed by atoms with Gasteiger partial charge in [-0.2, -0.15) is 0 Å². The summed E-state index contributed by atoms with van der Waals surface area (Å²) in [6.45, 7) is 0. The van der Waals surface area contributed by atoms with Gasteiger partial charge in [0.05, 0.1) is 0 Å². The van der Waals surface area contributed by atoms with Crippen LogP contribution in [0.15, 0.2) is 6.07 Å². The lowest BCUT2D eigenvalue weighted by atomic mass is 10.0. The van der Waals surface area contributed by atoms with Crippen LogP contribution in [0.5, 0.6) is 23.0 Å². The molecule has 0 saturated carbocycles. The summed E-state index contributed by atoms with van der Waals surface area (Å²) in [6, 6.07) is -1.05. The number of rotatable bonds is 3. The molecule has 1 aromatic carbocycles. The number of hydrogen-bond acceptors (Lipinski definition) is 7. The number of carboxylic acids is 1. The van der Waals surface area contributed by atoms with Crippen LogP contribution in [0, 0.1) is 0 Å². The Bertz CT molecular complexity index is 459. The second-order valence-electron chi connectivity index (χ2n) is 3.34. The van der Waals surface area contributed by atoms with Crippen LogP contribution in [0.3, 0.4) is 0 Å². The molecule has 0 radical (unpaired) electrons. The van der Waals surface area contributed by atoms with Gasteiger partial charge in [-0.25, -0.2) is 0 Å². The van der Waals surface area contributed by atoms with E-state index >= 15 is 0 Å². The number of hydrogen-bond donors (Lipinski definition) is 7. The van der Waals surface area contributed by atoms with Crippen LogP contribution in [0.1, 0.15) is 11.7 Å². The van der Waals surface area contributed by atoms with Crippen LogP contribution in [-0.4, -0.2) is 42.7 Å². The summed E-state index contributed by atoms with van der Waals surface area (Å²) in [4.78, 5) is 10.5. The van der Waals surface area contributed by atoms with Crippen LogP contribution in [-0.2, 0) is 4.79 Å². The molecule has 0 amide bonds. The Hall–Kier alpha value is -2.19. The molecular weight excluding hydrogens is 234 g/mol. The van der Waals surface area contributed by atoms with Crippen molar-refractivity contribution in [2.24, 2.45) is 5.73 Å². The molecule has 0 bridgehead atoms. The van der Waals surface area contributed by atoms with E-state index in [9.17, 15) is 20.1 Å². The number of carboxylic acid groups (broad SMARTS) is 1. The molecule has 0 saturated heterocycles. The second kappa shape index (κ2) is 4.36. The van der Waals surface area contributed by atoms with Crippen molar-refractivity contribution in [2.75, 3.05) is 0 Å². The number of aromatic hydroxyl groups is 4. The first-order chi connectivity index (χ1) is 7.77. The first-order valence-electron chi connectivity index (χ1n) is 4.40. The summed E-state index contributed by atoms with van der Waals surface area (Å²) in [7, 11) is 0. The minimum absolute atomic E-state index is 0.507. The molecule has 0 aliphatic carbocycles. The highest BCUT2D eigenvalue weighted by Gasteiger charge is 2.29. The number of aliphatic carboxylic acids is 1. The average molecular weight is 245 g/mol. The number of benzene rings is 1. The maximum absolute atomic E-state index is 10.5. The van der Waals surface area contributed by atoms with E-state index in [-0.39, 0.29) is 0 Å². The summed E-state index contributed by atoms with van der Waals surface area (Å²) in [5.41, 5.74) is 4.61. The van der Waals surface area contributed by atoms with E-state index in [1.807, 2.05) is 0 Å². The van der Waals surface area contributed by atoms with Crippen molar-refractivity contribution in [3.8, 4) is 23.0 Å². The standard InChI is InChI=1S/C9H11NO7/c10-4(9(16)17)5(12)2-1-3(11)7(14)8(15)6(2)13/h1,4-5,11-15H,10H2,(H,16,17).